The van der Waals surface area contributed by atoms with E-state index in [1.54, 1.807) is 0 Å². The summed E-state index contributed by atoms with van der Waals surface area (Å²) in [5.41, 5.74) is 12.6. The molecule has 4 nitrogen and oxygen atoms in total. The van der Waals surface area contributed by atoms with Crippen LogP contribution in [0.1, 0.15) is 54.9 Å². The topological polar surface area (TPSA) is 47.9 Å². The number of hydrogen-bond donors (Lipinski definition) is 0. The van der Waals surface area contributed by atoms with Gasteiger partial charge in [0, 0.05) is 16.7 Å². The lowest BCUT2D eigenvalue weighted by atomic mass is 9.70. The quantitative estimate of drug-likeness (QED) is 0.146. The van der Waals surface area contributed by atoms with Crippen molar-refractivity contribution in [3.05, 3.63) is 168 Å². The van der Waals surface area contributed by atoms with Crippen LogP contribution in [0.5, 0.6) is 5.75 Å². The lowest BCUT2D eigenvalue weighted by molar-refractivity contribution is 0.305. The first kappa shape index (κ1) is 30.2. The fourth-order valence-electron chi connectivity index (χ4n) is 8.01. The first-order valence-electron chi connectivity index (χ1n) is 17.7. The number of fused-ring (bicyclic) bond motifs is 10. The molecule has 0 saturated carbocycles. The van der Waals surface area contributed by atoms with Gasteiger partial charge in [-0.1, -0.05) is 154 Å². The Balaban J connectivity index is 1.20. The Labute approximate surface area is 293 Å². The maximum absolute atomic E-state index is 6.31. The van der Waals surface area contributed by atoms with Crippen LogP contribution in [0.25, 0.3) is 56.4 Å². The lowest BCUT2D eigenvalue weighted by Crippen LogP contribution is -2.25. The predicted octanol–water partition coefficient (Wildman–Crippen LogP) is 11.2. The zero-order chi connectivity index (χ0) is 33.5. The number of hydrogen-bond acceptors (Lipinski definition) is 4. The molecule has 2 aliphatic carbocycles. The molecule has 242 valence electrons. The van der Waals surface area contributed by atoms with E-state index in [4.69, 9.17) is 19.7 Å². The molecule has 0 fully saturated rings. The fourth-order valence-corrected chi connectivity index (χ4v) is 8.01. The van der Waals surface area contributed by atoms with Gasteiger partial charge in [-0.2, -0.15) is 0 Å². The maximum Gasteiger partial charge on any atom is 0.164 e. The number of aromatic nitrogens is 3. The Kier molecular flexibility index (Phi) is 7.58. The SMILES string of the molecule is CCCCCCOc1ccc2c(c1)-c1ccccc1C21c2ccccc2-c2cc(-c3nc(-c4ccccc4)nc(-c4ccccc4)n3)ccc21. The van der Waals surface area contributed by atoms with Crippen LogP contribution in [0.4, 0.5) is 0 Å². The van der Waals surface area contributed by atoms with Crippen LogP contribution in [0.2, 0.25) is 0 Å². The summed E-state index contributed by atoms with van der Waals surface area (Å²) in [6, 6.07) is 51.6. The van der Waals surface area contributed by atoms with Crippen LogP contribution >= 0.6 is 0 Å². The van der Waals surface area contributed by atoms with Crippen LogP contribution in [-0.2, 0) is 5.41 Å². The molecule has 0 amide bonds. The van der Waals surface area contributed by atoms with E-state index in [1.165, 1.54) is 63.8 Å². The highest BCUT2D eigenvalue weighted by atomic mass is 16.5. The largest absolute Gasteiger partial charge is 0.494 e. The molecule has 50 heavy (non-hydrogen) atoms. The molecule has 2 aliphatic rings. The average molecular weight is 648 g/mol. The van der Waals surface area contributed by atoms with Crippen molar-refractivity contribution in [1.82, 2.24) is 15.0 Å². The Hall–Kier alpha value is -5.87. The second kappa shape index (κ2) is 12.5. The first-order chi connectivity index (χ1) is 24.8. The molecule has 9 rings (SSSR count). The van der Waals surface area contributed by atoms with Gasteiger partial charge < -0.3 is 4.74 Å². The van der Waals surface area contributed by atoms with Crippen molar-refractivity contribution in [2.45, 2.75) is 38.0 Å². The summed E-state index contributed by atoms with van der Waals surface area (Å²) < 4.78 is 6.31. The summed E-state index contributed by atoms with van der Waals surface area (Å²) in [6.45, 7) is 2.99. The smallest absolute Gasteiger partial charge is 0.164 e. The minimum absolute atomic E-state index is 0.431. The predicted molar refractivity (Wildman–Crippen MR) is 202 cm³/mol. The highest BCUT2D eigenvalue weighted by Crippen LogP contribution is 2.63. The standard InChI is InChI=1S/C46H37N3O/c1-2-3-4-15-28-50-34-25-27-42-38(30-34)36-21-12-14-23-40(36)46(42)39-22-13-11-20-35(39)37-29-33(24-26-41(37)46)45-48-43(31-16-7-5-8-17-31)47-44(49-45)32-18-9-6-10-19-32/h5-14,16-27,29-30H,2-4,15,28H2,1H3. The van der Waals surface area contributed by atoms with Crippen molar-refractivity contribution in [2.24, 2.45) is 0 Å². The summed E-state index contributed by atoms with van der Waals surface area (Å²) in [7, 11) is 0. The van der Waals surface area contributed by atoms with E-state index in [2.05, 4.69) is 116 Å². The third-order valence-corrected chi connectivity index (χ3v) is 10.3. The first-order valence-corrected chi connectivity index (χ1v) is 17.7. The molecule has 6 aromatic carbocycles. The van der Waals surface area contributed by atoms with Gasteiger partial charge in [0.15, 0.2) is 17.5 Å². The van der Waals surface area contributed by atoms with E-state index in [9.17, 15) is 0 Å². The van der Waals surface area contributed by atoms with Gasteiger partial charge in [-0.05, 0) is 69.1 Å². The van der Waals surface area contributed by atoms with Gasteiger partial charge in [-0.25, -0.2) is 15.0 Å². The van der Waals surface area contributed by atoms with Crippen molar-refractivity contribution >= 4 is 0 Å². The zero-order valence-corrected chi connectivity index (χ0v) is 28.1. The van der Waals surface area contributed by atoms with Crippen molar-refractivity contribution in [2.75, 3.05) is 6.61 Å². The van der Waals surface area contributed by atoms with Crippen molar-refractivity contribution < 1.29 is 4.74 Å². The minimum Gasteiger partial charge on any atom is -0.494 e. The molecule has 1 atom stereocenters. The van der Waals surface area contributed by atoms with Gasteiger partial charge >= 0.3 is 0 Å². The van der Waals surface area contributed by atoms with Gasteiger partial charge in [-0.3, -0.25) is 0 Å². The minimum atomic E-state index is -0.431. The molecule has 0 saturated heterocycles. The second-order valence-corrected chi connectivity index (χ2v) is 13.3. The normalized spacial score (nSPS) is 15.0. The summed E-state index contributed by atoms with van der Waals surface area (Å²) in [4.78, 5) is 15.0. The summed E-state index contributed by atoms with van der Waals surface area (Å²) >= 11 is 0. The summed E-state index contributed by atoms with van der Waals surface area (Å²) in [5.74, 6) is 2.92. The highest BCUT2D eigenvalue weighted by Gasteiger charge is 2.51. The number of nitrogens with zero attached hydrogens (tertiary/aromatic N) is 3. The number of ether oxygens (including phenoxy) is 1. The Morgan fingerprint density at radius 3 is 1.54 bits per heavy atom. The van der Waals surface area contributed by atoms with Gasteiger partial charge in [0.05, 0.1) is 12.0 Å². The van der Waals surface area contributed by atoms with E-state index < -0.39 is 5.41 Å². The number of benzene rings is 6. The molecule has 1 unspecified atom stereocenters. The number of rotatable bonds is 9. The molecule has 1 aromatic heterocycles. The van der Waals surface area contributed by atoms with E-state index in [0.29, 0.717) is 17.5 Å². The summed E-state index contributed by atoms with van der Waals surface area (Å²) in [5, 5.41) is 0. The molecule has 1 heterocycles. The lowest BCUT2D eigenvalue weighted by Gasteiger charge is -2.30. The van der Waals surface area contributed by atoms with E-state index in [1.807, 2.05) is 36.4 Å². The average Bonchev–Trinajstić information content (AvgIpc) is 3.65. The third kappa shape index (κ3) is 4.86. The molecule has 0 bridgehead atoms. The van der Waals surface area contributed by atoms with Gasteiger partial charge in [0.2, 0.25) is 0 Å². The Morgan fingerprint density at radius 1 is 0.440 bits per heavy atom. The summed E-state index contributed by atoms with van der Waals surface area (Å²) in [6.07, 6.45) is 4.75. The monoisotopic (exact) mass is 647 g/mol. The molecule has 0 N–H and O–H groups in total. The van der Waals surface area contributed by atoms with Crippen LogP contribution < -0.4 is 4.74 Å². The molecule has 0 radical (unpaired) electrons. The van der Waals surface area contributed by atoms with Crippen LogP contribution in [0, 0.1) is 0 Å². The molecule has 4 heteroatoms. The Bertz CT molecular complexity index is 2290. The molecule has 1 spiro atoms. The molecule has 7 aromatic rings. The fraction of sp³-hybridized carbons (Fsp3) is 0.152. The highest BCUT2D eigenvalue weighted by molar-refractivity contribution is 5.96. The molecular weight excluding hydrogens is 611 g/mol. The zero-order valence-electron chi connectivity index (χ0n) is 28.1. The van der Waals surface area contributed by atoms with Crippen molar-refractivity contribution in [1.29, 1.82) is 0 Å². The van der Waals surface area contributed by atoms with Crippen molar-refractivity contribution in [3.8, 4) is 62.2 Å². The van der Waals surface area contributed by atoms with E-state index in [-0.39, 0.29) is 0 Å². The van der Waals surface area contributed by atoms with Gasteiger partial charge in [0.25, 0.3) is 0 Å². The van der Waals surface area contributed by atoms with Gasteiger partial charge in [0.1, 0.15) is 5.75 Å². The van der Waals surface area contributed by atoms with Crippen LogP contribution in [0.3, 0.4) is 0 Å². The maximum atomic E-state index is 6.31. The van der Waals surface area contributed by atoms with Crippen molar-refractivity contribution in [3.63, 3.8) is 0 Å². The third-order valence-electron chi connectivity index (χ3n) is 10.3. The molecule has 0 aliphatic heterocycles. The van der Waals surface area contributed by atoms with Gasteiger partial charge in [-0.15, -0.1) is 0 Å². The van der Waals surface area contributed by atoms with E-state index in [0.717, 1.165) is 35.5 Å². The van der Waals surface area contributed by atoms with E-state index >= 15 is 0 Å². The Morgan fingerprint density at radius 2 is 0.940 bits per heavy atom. The van der Waals surface area contributed by atoms with Crippen LogP contribution in [-0.4, -0.2) is 21.6 Å². The number of unbranched alkanes of at least 4 members (excludes halogenated alkanes) is 3. The second-order valence-electron chi connectivity index (χ2n) is 13.3. The van der Waals surface area contributed by atoms with Crippen LogP contribution in [0.15, 0.2) is 146 Å². The molecular formula is C46H37N3O.